The largest absolute Gasteiger partial charge is 0.480 e. The number of urea groups is 1. The maximum atomic E-state index is 11.8. The van der Waals surface area contributed by atoms with Gasteiger partial charge < -0.3 is 15.7 Å². The van der Waals surface area contributed by atoms with Gasteiger partial charge in [-0.15, -0.1) is 5.10 Å². The normalized spacial score (nSPS) is 10.4. The van der Waals surface area contributed by atoms with E-state index >= 15 is 0 Å². The van der Waals surface area contributed by atoms with E-state index in [0.29, 0.717) is 17.1 Å². The van der Waals surface area contributed by atoms with E-state index in [9.17, 15) is 9.59 Å². The minimum Gasteiger partial charge on any atom is -0.480 e. The molecule has 0 aromatic carbocycles. The number of amides is 2. The van der Waals surface area contributed by atoms with Crippen molar-refractivity contribution in [3.63, 3.8) is 0 Å². The highest BCUT2D eigenvalue weighted by Gasteiger charge is 2.10. The van der Waals surface area contributed by atoms with Crippen molar-refractivity contribution in [3.8, 4) is 0 Å². The average Bonchev–Trinajstić information content (AvgIpc) is 2.97. The second-order valence-corrected chi connectivity index (χ2v) is 4.42. The molecule has 2 aromatic heterocycles. The number of rotatable bonds is 5. The smallest absolute Gasteiger partial charge is 0.325 e. The number of carbonyl (C=O) groups is 2. The zero-order valence-corrected chi connectivity index (χ0v) is 11.5. The zero-order chi connectivity index (χ0) is 15.4. The van der Waals surface area contributed by atoms with Crippen LogP contribution in [0.4, 0.5) is 10.5 Å². The van der Waals surface area contributed by atoms with E-state index in [2.05, 4.69) is 31.1 Å². The van der Waals surface area contributed by atoms with Crippen LogP contribution in [0.2, 0.25) is 0 Å². The van der Waals surface area contributed by atoms with Crippen molar-refractivity contribution in [1.82, 2.24) is 30.5 Å². The lowest BCUT2D eigenvalue weighted by Gasteiger charge is -2.06. The molecule has 10 heteroatoms. The van der Waals surface area contributed by atoms with Crippen molar-refractivity contribution < 1.29 is 14.7 Å². The molecule has 0 spiro atoms. The van der Waals surface area contributed by atoms with E-state index < -0.39 is 12.0 Å². The molecule has 0 aliphatic rings. The van der Waals surface area contributed by atoms with Crippen LogP contribution in [0, 0.1) is 13.8 Å². The maximum Gasteiger partial charge on any atom is 0.325 e. The molecule has 0 saturated heterocycles. The first-order valence-electron chi connectivity index (χ1n) is 6.13. The Hall–Kier alpha value is -2.91. The number of H-pyrrole nitrogens is 1. The molecule has 2 aromatic rings. The summed E-state index contributed by atoms with van der Waals surface area (Å²) in [6, 6.07) is -0.407. The molecule has 0 unspecified atom stereocenters. The molecule has 2 rings (SSSR count). The monoisotopic (exact) mass is 293 g/mol. The number of carbonyl (C=O) groups excluding carboxylic acids is 1. The van der Waals surface area contributed by atoms with Crippen molar-refractivity contribution in [1.29, 1.82) is 0 Å². The molecule has 0 bridgehead atoms. The molecule has 2 heterocycles. The topological polar surface area (TPSA) is 138 Å². The lowest BCUT2D eigenvalue weighted by molar-refractivity contribution is -0.137. The number of aromatic nitrogens is 5. The van der Waals surface area contributed by atoms with Gasteiger partial charge in [-0.25, -0.2) is 9.48 Å². The van der Waals surface area contributed by atoms with Crippen LogP contribution in [0.3, 0.4) is 0 Å². The summed E-state index contributed by atoms with van der Waals surface area (Å²) in [6.07, 6.45) is 1.46. The number of nitrogens with one attached hydrogen (secondary N) is 3. The van der Waals surface area contributed by atoms with Gasteiger partial charge in [-0.3, -0.25) is 9.89 Å². The number of aryl methyl sites for hydroxylation is 2. The van der Waals surface area contributed by atoms with E-state index in [-0.39, 0.29) is 13.1 Å². The number of aromatic amines is 1. The molecule has 112 valence electrons. The van der Waals surface area contributed by atoms with E-state index in [1.807, 2.05) is 0 Å². The van der Waals surface area contributed by atoms with Crippen LogP contribution in [0.5, 0.6) is 0 Å². The predicted octanol–water partition coefficient (Wildman–Crippen LogP) is 0.0243. The third kappa shape index (κ3) is 3.78. The van der Waals surface area contributed by atoms with Crippen LogP contribution in [0.25, 0.3) is 0 Å². The highest BCUT2D eigenvalue weighted by atomic mass is 16.4. The molecule has 0 saturated carbocycles. The summed E-state index contributed by atoms with van der Waals surface area (Å²) < 4.78 is 1.18. The first-order valence-corrected chi connectivity index (χ1v) is 6.13. The summed E-state index contributed by atoms with van der Waals surface area (Å²) in [5.74, 6) is -1.01. The van der Waals surface area contributed by atoms with Gasteiger partial charge in [0.25, 0.3) is 0 Å². The summed E-state index contributed by atoms with van der Waals surface area (Å²) in [7, 11) is 0. The van der Waals surface area contributed by atoms with Gasteiger partial charge in [-0.2, -0.15) is 5.10 Å². The lowest BCUT2D eigenvalue weighted by atomic mass is 10.3. The summed E-state index contributed by atoms with van der Waals surface area (Å²) in [6.45, 7) is 3.44. The van der Waals surface area contributed by atoms with Gasteiger partial charge in [0.15, 0.2) is 0 Å². The number of anilines is 1. The van der Waals surface area contributed by atoms with Crippen molar-refractivity contribution in [2.75, 3.05) is 5.32 Å². The SMILES string of the molecule is Cc1n[nH]c(C)c1NC(=O)NCc1cn(CC(=O)O)nn1. The fraction of sp³-hybridized carbons (Fsp3) is 0.364. The number of carboxylic acid groups (broad SMARTS) is 1. The Morgan fingerprint density at radius 2 is 2.19 bits per heavy atom. The number of nitrogens with zero attached hydrogens (tertiary/aromatic N) is 4. The summed E-state index contributed by atoms with van der Waals surface area (Å²) in [5.41, 5.74) is 2.54. The molecule has 4 N–H and O–H groups in total. The van der Waals surface area contributed by atoms with Crippen LogP contribution >= 0.6 is 0 Å². The Kier molecular flexibility index (Phi) is 4.16. The number of hydrogen-bond acceptors (Lipinski definition) is 5. The summed E-state index contributed by atoms with van der Waals surface area (Å²) >= 11 is 0. The Bertz CT molecular complexity index is 641. The van der Waals surface area contributed by atoms with Gasteiger partial charge in [-0.05, 0) is 13.8 Å². The first-order chi connectivity index (χ1) is 9.95. The highest BCUT2D eigenvalue weighted by molar-refractivity contribution is 5.90. The second kappa shape index (κ2) is 6.03. The second-order valence-electron chi connectivity index (χ2n) is 4.42. The number of hydrogen-bond donors (Lipinski definition) is 4. The predicted molar refractivity (Wildman–Crippen MR) is 71.6 cm³/mol. The molecule has 0 aliphatic carbocycles. The fourth-order valence-electron chi connectivity index (χ4n) is 1.70. The minimum absolute atomic E-state index is 0.140. The van der Waals surface area contributed by atoms with Gasteiger partial charge in [0, 0.05) is 0 Å². The number of aliphatic carboxylic acids is 1. The van der Waals surface area contributed by atoms with Gasteiger partial charge >= 0.3 is 12.0 Å². The van der Waals surface area contributed by atoms with E-state index in [0.717, 1.165) is 5.69 Å². The first kappa shape index (κ1) is 14.5. The van der Waals surface area contributed by atoms with Crippen molar-refractivity contribution in [3.05, 3.63) is 23.3 Å². The van der Waals surface area contributed by atoms with E-state index in [1.54, 1.807) is 13.8 Å². The molecular formula is C11H15N7O3. The van der Waals surface area contributed by atoms with E-state index in [4.69, 9.17) is 5.11 Å². The molecular weight excluding hydrogens is 278 g/mol. The lowest BCUT2D eigenvalue weighted by Crippen LogP contribution is -2.28. The fourth-order valence-corrected chi connectivity index (χ4v) is 1.70. The number of carboxylic acids is 1. The van der Waals surface area contributed by atoms with Crippen LogP contribution in [-0.2, 0) is 17.9 Å². The molecule has 10 nitrogen and oxygen atoms in total. The van der Waals surface area contributed by atoms with Crippen LogP contribution in [-0.4, -0.2) is 42.3 Å². The molecule has 2 amide bonds. The summed E-state index contributed by atoms with van der Waals surface area (Å²) in [5, 5.41) is 28.0. The van der Waals surface area contributed by atoms with Gasteiger partial charge in [0.1, 0.15) is 12.2 Å². The zero-order valence-electron chi connectivity index (χ0n) is 11.5. The third-order valence-corrected chi connectivity index (χ3v) is 2.68. The highest BCUT2D eigenvalue weighted by Crippen LogP contribution is 2.15. The quantitative estimate of drug-likeness (QED) is 0.613. The summed E-state index contributed by atoms with van der Waals surface area (Å²) in [4.78, 5) is 22.3. The van der Waals surface area contributed by atoms with Crippen molar-refractivity contribution in [2.45, 2.75) is 26.9 Å². The minimum atomic E-state index is -1.01. The Morgan fingerprint density at radius 3 is 2.81 bits per heavy atom. The maximum absolute atomic E-state index is 11.8. The Balaban J connectivity index is 1.86. The molecule has 0 atom stereocenters. The molecule has 0 fully saturated rings. The Labute approximate surface area is 119 Å². The van der Waals surface area contributed by atoms with E-state index in [1.165, 1.54) is 10.9 Å². The van der Waals surface area contributed by atoms with Crippen LogP contribution in [0.15, 0.2) is 6.20 Å². The molecule has 0 radical (unpaired) electrons. The third-order valence-electron chi connectivity index (χ3n) is 2.68. The van der Waals surface area contributed by atoms with Crippen molar-refractivity contribution >= 4 is 17.7 Å². The van der Waals surface area contributed by atoms with Crippen LogP contribution < -0.4 is 10.6 Å². The van der Waals surface area contributed by atoms with Gasteiger partial charge in [0.05, 0.1) is 29.8 Å². The standard InChI is InChI=1S/C11H15N7O3/c1-6-10(7(2)15-14-6)13-11(21)12-3-8-4-18(17-16-8)5-9(19)20/h4H,3,5H2,1-2H3,(H,14,15)(H,19,20)(H2,12,13,21). The Morgan fingerprint density at radius 1 is 1.43 bits per heavy atom. The average molecular weight is 293 g/mol. The van der Waals surface area contributed by atoms with Gasteiger partial charge in [0.2, 0.25) is 0 Å². The molecule has 0 aliphatic heterocycles. The van der Waals surface area contributed by atoms with Gasteiger partial charge in [-0.1, -0.05) is 5.21 Å². The molecule has 21 heavy (non-hydrogen) atoms. The van der Waals surface area contributed by atoms with Crippen LogP contribution in [0.1, 0.15) is 17.1 Å². The van der Waals surface area contributed by atoms with Crippen molar-refractivity contribution in [2.24, 2.45) is 0 Å².